The van der Waals surface area contributed by atoms with Gasteiger partial charge < -0.3 is 10.6 Å². The van der Waals surface area contributed by atoms with E-state index >= 15 is 0 Å². The van der Waals surface area contributed by atoms with Gasteiger partial charge in [-0.25, -0.2) is 4.39 Å². The van der Waals surface area contributed by atoms with Crippen LogP contribution in [0.2, 0.25) is 0 Å². The summed E-state index contributed by atoms with van der Waals surface area (Å²) < 4.78 is 50.4. The molecule has 0 unspecified atom stereocenters. The Morgan fingerprint density at radius 1 is 1.28 bits per heavy atom. The van der Waals surface area contributed by atoms with Crippen LogP contribution in [0.5, 0.6) is 0 Å². The van der Waals surface area contributed by atoms with Crippen LogP contribution >= 0.6 is 0 Å². The van der Waals surface area contributed by atoms with Crippen molar-refractivity contribution in [1.29, 1.82) is 0 Å². The molecule has 0 saturated heterocycles. The van der Waals surface area contributed by atoms with Gasteiger partial charge in [-0.1, -0.05) is 0 Å². The van der Waals surface area contributed by atoms with Crippen molar-refractivity contribution in [3.05, 3.63) is 29.6 Å². The van der Waals surface area contributed by atoms with Crippen LogP contribution in [0.4, 0.5) is 23.2 Å². The Balaban J connectivity index is 2.67. The second kappa shape index (κ2) is 5.70. The molecule has 0 saturated carbocycles. The van der Waals surface area contributed by atoms with Crippen LogP contribution in [0.3, 0.4) is 0 Å². The average Bonchev–Trinajstić information content (AvgIpc) is 2.24. The Morgan fingerprint density at radius 2 is 1.94 bits per heavy atom. The number of rotatable bonds is 4. The molecule has 1 amide bonds. The largest absolute Gasteiger partial charge is 0.416 e. The molecule has 0 atom stereocenters. The van der Waals surface area contributed by atoms with Gasteiger partial charge in [-0.15, -0.1) is 0 Å². The van der Waals surface area contributed by atoms with Crippen LogP contribution in [0.1, 0.15) is 12.5 Å². The number of amides is 1. The van der Waals surface area contributed by atoms with E-state index in [-0.39, 0.29) is 24.7 Å². The lowest BCUT2D eigenvalue weighted by atomic mass is 10.2. The summed E-state index contributed by atoms with van der Waals surface area (Å²) in [7, 11) is 0. The number of benzene rings is 1. The number of halogens is 4. The molecule has 0 spiro atoms. The van der Waals surface area contributed by atoms with E-state index in [9.17, 15) is 22.4 Å². The monoisotopic (exact) mass is 264 g/mol. The van der Waals surface area contributed by atoms with Crippen LogP contribution in [0.15, 0.2) is 18.2 Å². The molecule has 7 heteroatoms. The van der Waals surface area contributed by atoms with Crippen molar-refractivity contribution in [3.63, 3.8) is 0 Å². The zero-order valence-electron chi connectivity index (χ0n) is 9.57. The minimum atomic E-state index is -4.51. The zero-order valence-corrected chi connectivity index (χ0v) is 9.57. The molecule has 0 heterocycles. The molecule has 3 nitrogen and oxygen atoms in total. The Morgan fingerprint density at radius 3 is 2.50 bits per heavy atom. The Hall–Kier alpha value is -1.79. The van der Waals surface area contributed by atoms with Crippen molar-refractivity contribution < 1.29 is 22.4 Å². The molecule has 1 aromatic carbocycles. The standard InChI is InChI=1S/C11H12F4N2O/c1-7(18)16-4-5-17-10-6-8(11(13,14)15)2-3-9(10)12/h2-3,6,17H,4-5H2,1H3,(H,16,18). The number of alkyl halides is 3. The molecule has 0 aliphatic heterocycles. The predicted molar refractivity (Wildman–Crippen MR) is 58.6 cm³/mol. The van der Waals surface area contributed by atoms with Crippen molar-refractivity contribution in [1.82, 2.24) is 5.32 Å². The molecule has 0 fully saturated rings. The van der Waals surface area contributed by atoms with Crippen molar-refractivity contribution >= 4 is 11.6 Å². The van der Waals surface area contributed by atoms with E-state index in [1.165, 1.54) is 6.92 Å². The zero-order chi connectivity index (χ0) is 13.8. The Labute approximate surface area is 101 Å². The van der Waals surface area contributed by atoms with Gasteiger partial charge in [0.05, 0.1) is 11.3 Å². The summed E-state index contributed by atoms with van der Waals surface area (Å²) in [6, 6.07) is 2.13. The number of carbonyl (C=O) groups excluding carboxylic acids is 1. The highest BCUT2D eigenvalue weighted by Crippen LogP contribution is 2.31. The molecular weight excluding hydrogens is 252 g/mol. The lowest BCUT2D eigenvalue weighted by Gasteiger charge is -2.11. The molecule has 0 radical (unpaired) electrons. The normalized spacial score (nSPS) is 11.2. The minimum absolute atomic E-state index is 0.137. The SMILES string of the molecule is CC(=O)NCCNc1cc(C(F)(F)F)ccc1F. The highest BCUT2D eigenvalue weighted by Gasteiger charge is 2.31. The molecular formula is C11H12F4N2O. The molecule has 0 aliphatic rings. The van der Waals surface area contributed by atoms with Gasteiger partial charge in [0.2, 0.25) is 5.91 Å². The van der Waals surface area contributed by atoms with Gasteiger partial charge in [0.1, 0.15) is 5.82 Å². The average molecular weight is 264 g/mol. The molecule has 2 N–H and O–H groups in total. The fourth-order valence-electron chi connectivity index (χ4n) is 1.27. The first-order valence-electron chi connectivity index (χ1n) is 5.16. The molecule has 0 aliphatic carbocycles. The van der Waals surface area contributed by atoms with Crippen LogP contribution in [-0.2, 0) is 11.0 Å². The van der Waals surface area contributed by atoms with Gasteiger partial charge in [-0.05, 0) is 18.2 Å². The molecule has 100 valence electrons. The maximum absolute atomic E-state index is 13.2. The first kappa shape index (κ1) is 14.3. The summed E-state index contributed by atoms with van der Waals surface area (Å²) >= 11 is 0. The number of hydrogen-bond donors (Lipinski definition) is 2. The third-order valence-corrected chi connectivity index (χ3v) is 2.11. The maximum Gasteiger partial charge on any atom is 0.416 e. The van der Waals surface area contributed by atoms with Crippen LogP contribution in [0.25, 0.3) is 0 Å². The van der Waals surface area contributed by atoms with E-state index < -0.39 is 17.6 Å². The van der Waals surface area contributed by atoms with Gasteiger partial charge in [-0.2, -0.15) is 13.2 Å². The van der Waals surface area contributed by atoms with Crippen LogP contribution < -0.4 is 10.6 Å². The van der Waals surface area contributed by atoms with E-state index in [1.807, 2.05) is 0 Å². The number of nitrogens with one attached hydrogen (secondary N) is 2. The van der Waals surface area contributed by atoms with E-state index in [1.54, 1.807) is 0 Å². The van der Waals surface area contributed by atoms with Gasteiger partial charge in [-0.3, -0.25) is 4.79 Å². The van der Waals surface area contributed by atoms with Crippen LogP contribution in [0, 0.1) is 5.82 Å². The molecule has 1 rings (SSSR count). The summed E-state index contributed by atoms with van der Waals surface area (Å²) in [6.07, 6.45) is -4.51. The molecule has 18 heavy (non-hydrogen) atoms. The third-order valence-electron chi connectivity index (χ3n) is 2.11. The smallest absolute Gasteiger partial charge is 0.381 e. The van der Waals surface area contributed by atoms with Crippen molar-refractivity contribution in [2.24, 2.45) is 0 Å². The topological polar surface area (TPSA) is 41.1 Å². The number of anilines is 1. The van der Waals surface area contributed by atoms with E-state index in [4.69, 9.17) is 0 Å². The summed E-state index contributed by atoms with van der Waals surface area (Å²) in [5.41, 5.74) is -1.17. The number of carbonyl (C=O) groups is 1. The maximum atomic E-state index is 13.2. The summed E-state index contributed by atoms with van der Waals surface area (Å²) in [5, 5.41) is 4.93. The summed E-state index contributed by atoms with van der Waals surface area (Å²) in [6.45, 7) is 1.65. The van der Waals surface area contributed by atoms with E-state index in [0.717, 1.165) is 6.07 Å². The predicted octanol–water partition coefficient (Wildman–Crippen LogP) is 2.39. The van der Waals surface area contributed by atoms with Crippen LogP contribution in [-0.4, -0.2) is 19.0 Å². The lowest BCUT2D eigenvalue weighted by Crippen LogP contribution is -2.26. The van der Waals surface area contributed by atoms with Gasteiger partial charge in [0.15, 0.2) is 0 Å². The van der Waals surface area contributed by atoms with Crippen molar-refractivity contribution in [3.8, 4) is 0 Å². The first-order valence-corrected chi connectivity index (χ1v) is 5.16. The van der Waals surface area contributed by atoms with E-state index in [2.05, 4.69) is 10.6 Å². The number of hydrogen-bond acceptors (Lipinski definition) is 2. The highest BCUT2D eigenvalue weighted by atomic mass is 19.4. The quantitative estimate of drug-likeness (QED) is 0.647. The Kier molecular flexibility index (Phi) is 4.52. The fraction of sp³-hybridized carbons (Fsp3) is 0.364. The second-order valence-electron chi connectivity index (χ2n) is 3.60. The van der Waals surface area contributed by atoms with Crippen molar-refractivity contribution in [2.75, 3.05) is 18.4 Å². The van der Waals surface area contributed by atoms with Gasteiger partial charge in [0, 0.05) is 20.0 Å². The second-order valence-corrected chi connectivity index (χ2v) is 3.60. The van der Waals surface area contributed by atoms with Gasteiger partial charge >= 0.3 is 6.18 Å². The highest BCUT2D eigenvalue weighted by molar-refractivity contribution is 5.72. The summed E-state index contributed by atoms with van der Waals surface area (Å²) in [5.74, 6) is -1.04. The Bertz CT molecular complexity index is 432. The molecule has 0 aromatic heterocycles. The van der Waals surface area contributed by atoms with Crippen molar-refractivity contribution in [2.45, 2.75) is 13.1 Å². The van der Waals surface area contributed by atoms with E-state index in [0.29, 0.717) is 12.1 Å². The lowest BCUT2D eigenvalue weighted by molar-refractivity contribution is -0.137. The molecule has 1 aromatic rings. The third kappa shape index (κ3) is 4.23. The fourth-order valence-corrected chi connectivity index (χ4v) is 1.27. The first-order chi connectivity index (χ1) is 8.30. The summed E-state index contributed by atoms with van der Waals surface area (Å²) in [4.78, 5) is 10.5. The minimum Gasteiger partial charge on any atom is -0.381 e. The van der Waals surface area contributed by atoms with Gasteiger partial charge in [0.25, 0.3) is 0 Å². The molecule has 0 bridgehead atoms.